The van der Waals surface area contributed by atoms with Crippen LogP contribution in [0, 0.1) is 0 Å². The molecule has 3 aromatic rings. The molecule has 0 aliphatic carbocycles. The molecular weight excluding hydrogens is 496 g/mol. The number of benzene rings is 2. The van der Waals surface area contributed by atoms with E-state index in [0.717, 1.165) is 11.1 Å². The number of nitrogens with one attached hydrogen (secondary N) is 1. The second kappa shape index (κ2) is 12.5. The second-order valence-corrected chi connectivity index (χ2v) is 9.84. The van der Waals surface area contributed by atoms with E-state index in [1.54, 1.807) is 16.5 Å². The summed E-state index contributed by atoms with van der Waals surface area (Å²) < 4.78 is 1.72. The van der Waals surface area contributed by atoms with Gasteiger partial charge in [-0.2, -0.15) is 0 Å². The SMILES string of the molecule is Cn1c(C(=O)C(CCCN=C(N)N)NC(=O)[C@@H]2CCCN2C(=O)C(N)Cc2ccccc2)nc2ccccc21. The van der Waals surface area contributed by atoms with Gasteiger partial charge in [0.2, 0.25) is 17.6 Å². The number of aliphatic imine (C=N–C) groups is 1. The molecule has 1 aliphatic heterocycles. The van der Waals surface area contributed by atoms with Gasteiger partial charge < -0.3 is 32.0 Å². The van der Waals surface area contributed by atoms with Crippen LogP contribution in [0.2, 0.25) is 0 Å². The molecule has 2 unspecified atom stereocenters. The topological polar surface area (TPSA) is 175 Å². The summed E-state index contributed by atoms with van der Waals surface area (Å²) in [7, 11) is 1.77. The van der Waals surface area contributed by atoms with E-state index >= 15 is 0 Å². The molecule has 4 rings (SSSR count). The number of aromatic nitrogens is 2. The maximum Gasteiger partial charge on any atom is 0.243 e. The highest BCUT2D eigenvalue weighted by molar-refractivity contribution is 6.02. The Labute approximate surface area is 227 Å². The average molecular weight is 533 g/mol. The molecule has 1 fully saturated rings. The van der Waals surface area contributed by atoms with Gasteiger partial charge in [-0.25, -0.2) is 4.98 Å². The van der Waals surface area contributed by atoms with Crippen molar-refractivity contribution in [1.29, 1.82) is 0 Å². The molecule has 11 nitrogen and oxygen atoms in total. The number of para-hydroxylation sites is 2. The number of likely N-dealkylation sites (tertiary alicyclic amines) is 1. The molecule has 2 amide bonds. The zero-order valence-electron chi connectivity index (χ0n) is 22.1. The van der Waals surface area contributed by atoms with Gasteiger partial charge in [0.15, 0.2) is 11.8 Å². The molecule has 39 heavy (non-hydrogen) atoms. The second-order valence-electron chi connectivity index (χ2n) is 9.84. The lowest BCUT2D eigenvalue weighted by Crippen LogP contribution is -2.54. The highest BCUT2D eigenvalue weighted by atomic mass is 16.2. The number of nitrogens with two attached hydrogens (primary N) is 3. The first-order valence-corrected chi connectivity index (χ1v) is 13.2. The fourth-order valence-electron chi connectivity index (χ4n) is 5.03. The maximum absolute atomic E-state index is 13.7. The van der Waals surface area contributed by atoms with E-state index in [9.17, 15) is 14.4 Å². The smallest absolute Gasteiger partial charge is 0.243 e. The summed E-state index contributed by atoms with van der Waals surface area (Å²) in [5, 5.41) is 2.90. The van der Waals surface area contributed by atoms with E-state index in [1.165, 1.54) is 0 Å². The van der Waals surface area contributed by atoms with E-state index in [-0.39, 0.29) is 29.4 Å². The Balaban J connectivity index is 1.49. The number of rotatable bonds is 11. The molecule has 1 aliphatic rings. The number of guanidine groups is 1. The Morgan fingerprint density at radius 2 is 1.82 bits per heavy atom. The van der Waals surface area contributed by atoms with Crippen LogP contribution >= 0.6 is 0 Å². The van der Waals surface area contributed by atoms with Crippen LogP contribution in [0.25, 0.3) is 11.0 Å². The van der Waals surface area contributed by atoms with Crippen LogP contribution in [-0.4, -0.2) is 69.2 Å². The highest BCUT2D eigenvalue weighted by Crippen LogP contribution is 2.21. The Morgan fingerprint density at radius 1 is 1.10 bits per heavy atom. The Kier molecular flexibility index (Phi) is 8.92. The number of carbonyl (C=O) groups excluding carboxylic acids is 3. The largest absolute Gasteiger partial charge is 0.370 e. The van der Waals surface area contributed by atoms with E-state index in [2.05, 4.69) is 15.3 Å². The molecule has 0 bridgehead atoms. The fourth-order valence-corrected chi connectivity index (χ4v) is 5.03. The van der Waals surface area contributed by atoms with Gasteiger partial charge >= 0.3 is 0 Å². The summed E-state index contributed by atoms with van der Waals surface area (Å²) in [5.41, 5.74) is 19.6. The minimum absolute atomic E-state index is 0.0378. The number of Topliss-reactive ketones (excluding diaryl/α,β-unsaturated/α-hetero) is 1. The van der Waals surface area contributed by atoms with Crippen molar-refractivity contribution in [2.45, 2.75) is 50.2 Å². The molecular formula is C28H36N8O3. The molecule has 7 N–H and O–H groups in total. The zero-order chi connectivity index (χ0) is 27.9. The summed E-state index contributed by atoms with van der Waals surface area (Å²) >= 11 is 0. The van der Waals surface area contributed by atoms with Crippen molar-refractivity contribution in [2.75, 3.05) is 13.1 Å². The summed E-state index contributed by atoms with van der Waals surface area (Å²) in [6, 6.07) is 14.6. The minimum Gasteiger partial charge on any atom is -0.370 e. The minimum atomic E-state index is -0.863. The monoisotopic (exact) mass is 532 g/mol. The van der Waals surface area contributed by atoms with Gasteiger partial charge in [0.1, 0.15) is 6.04 Å². The van der Waals surface area contributed by atoms with Crippen LogP contribution in [0.1, 0.15) is 41.9 Å². The maximum atomic E-state index is 13.7. The Morgan fingerprint density at radius 3 is 2.54 bits per heavy atom. The van der Waals surface area contributed by atoms with Crippen molar-refractivity contribution in [3.8, 4) is 0 Å². The van der Waals surface area contributed by atoms with Gasteiger partial charge in [-0.1, -0.05) is 42.5 Å². The van der Waals surface area contributed by atoms with Gasteiger partial charge in [-0.3, -0.25) is 19.4 Å². The lowest BCUT2D eigenvalue weighted by molar-refractivity contribution is -0.139. The quantitative estimate of drug-likeness (QED) is 0.123. The van der Waals surface area contributed by atoms with Crippen LogP contribution in [-0.2, 0) is 23.1 Å². The van der Waals surface area contributed by atoms with Crippen molar-refractivity contribution in [2.24, 2.45) is 29.2 Å². The van der Waals surface area contributed by atoms with E-state index in [0.29, 0.717) is 50.7 Å². The van der Waals surface area contributed by atoms with Gasteiger partial charge in [-0.05, 0) is 49.8 Å². The van der Waals surface area contributed by atoms with Crippen LogP contribution in [0.4, 0.5) is 0 Å². The molecule has 2 heterocycles. The fraction of sp³-hybridized carbons (Fsp3) is 0.393. The van der Waals surface area contributed by atoms with Gasteiger partial charge in [0, 0.05) is 20.1 Å². The lowest BCUT2D eigenvalue weighted by atomic mass is 10.0. The molecule has 206 valence electrons. The first-order chi connectivity index (χ1) is 18.8. The molecule has 0 spiro atoms. The summed E-state index contributed by atoms with van der Waals surface area (Å²) in [5.74, 6) is -0.769. The molecule has 3 atom stereocenters. The normalized spacial score (nSPS) is 16.6. The number of imidazole rings is 1. The van der Waals surface area contributed by atoms with Crippen molar-refractivity contribution >= 4 is 34.6 Å². The number of nitrogens with zero attached hydrogens (tertiary/aromatic N) is 4. The van der Waals surface area contributed by atoms with Crippen molar-refractivity contribution in [3.05, 3.63) is 66.0 Å². The number of fused-ring (bicyclic) bond motifs is 1. The average Bonchev–Trinajstić information content (AvgIpc) is 3.55. The van der Waals surface area contributed by atoms with E-state index in [1.807, 2.05) is 54.6 Å². The lowest BCUT2D eigenvalue weighted by Gasteiger charge is -2.28. The summed E-state index contributed by atoms with van der Waals surface area (Å²) in [4.78, 5) is 50.4. The highest BCUT2D eigenvalue weighted by Gasteiger charge is 2.38. The van der Waals surface area contributed by atoms with E-state index < -0.39 is 18.1 Å². The van der Waals surface area contributed by atoms with Crippen molar-refractivity contribution in [1.82, 2.24) is 19.8 Å². The van der Waals surface area contributed by atoms with Crippen LogP contribution < -0.4 is 22.5 Å². The number of hydrogen-bond donors (Lipinski definition) is 4. The molecule has 1 aromatic heterocycles. The molecule has 11 heteroatoms. The number of hydrogen-bond acceptors (Lipinski definition) is 6. The van der Waals surface area contributed by atoms with Crippen LogP contribution in [0.3, 0.4) is 0 Å². The number of aryl methyl sites for hydroxylation is 1. The standard InChI is InChI=1S/C28H36N8O3/c1-35-22-13-6-5-11-20(22)33-25(35)24(37)21(12-7-15-32-28(30)31)34-26(38)23-14-8-16-36(23)27(39)19(29)17-18-9-3-2-4-10-18/h2-6,9-11,13,19,21,23H,7-8,12,14-17,29H2,1H3,(H,34,38)(H4,30,31,32)/t19?,21?,23-/m0/s1. The Hall–Kier alpha value is -4.25. The first kappa shape index (κ1) is 27.8. The predicted octanol–water partition coefficient (Wildman–Crippen LogP) is 0.855. The first-order valence-electron chi connectivity index (χ1n) is 13.2. The number of amides is 2. The molecule has 2 aromatic carbocycles. The predicted molar refractivity (Wildman–Crippen MR) is 150 cm³/mol. The van der Waals surface area contributed by atoms with Crippen molar-refractivity contribution in [3.63, 3.8) is 0 Å². The number of carbonyl (C=O) groups is 3. The third kappa shape index (κ3) is 6.61. The third-order valence-electron chi connectivity index (χ3n) is 7.04. The van der Waals surface area contributed by atoms with Gasteiger partial charge in [0.25, 0.3) is 0 Å². The summed E-state index contributed by atoms with van der Waals surface area (Å²) in [6.07, 6.45) is 2.32. The molecule has 0 saturated carbocycles. The Bertz CT molecular complexity index is 1350. The number of ketones is 1. The van der Waals surface area contributed by atoms with Gasteiger partial charge in [-0.15, -0.1) is 0 Å². The summed E-state index contributed by atoms with van der Waals surface area (Å²) in [6.45, 7) is 0.750. The molecule has 0 radical (unpaired) electrons. The van der Waals surface area contributed by atoms with Crippen molar-refractivity contribution < 1.29 is 14.4 Å². The van der Waals surface area contributed by atoms with E-state index in [4.69, 9.17) is 17.2 Å². The molecule has 1 saturated heterocycles. The van der Waals surface area contributed by atoms with Crippen LogP contribution in [0.5, 0.6) is 0 Å². The zero-order valence-corrected chi connectivity index (χ0v) is 22.1. The third-order valence-corrected chi connectivity index (χ3v) is 7.04. The van der Waals surface area contributed by atoms with Crippen LogP contribution in [0.15, 0.2) is 59.6 Å². The van der Waals surface area contributed by atoms with Gasteiger partial charge in [0.05, 0.1) is 23.1 Å².